The molecule has 4 aromatic rings. The van der Waals surface area contributed by atoms with E-state index in [1.807, 2.05) is 19.1 Å². The predicted molar refractivity (Wildman–Crippen MR) is 138 cm³/mol. The summed E-state index contributed by atoms with van der Waals surface area (Å²) in [7, 11) is 1.54. The second kappa shape index (κ2) is 10.3. The van der Waals surface area contributed by atoms with E-state index >= 15 is 0 Å². The van der Waals surface area contributed by atoms with E-state index in [4.69, 9.17) is 21.1 Å². The Kier molecular flexibility index (Phi) is 6.78. The fourth-order valence-electron chi connectivity index (χ4n) is 4.14. The zero-order valence-corrected chi connectivity index (χ0v) is 20.8. The van der Waals surface area contributed by atoms with Crippen LogP contribution in [-0.4, -0.2) is 27.8 Å². The summed E-state index contributed by atoms with van der Waals surface area (Å²) in [5.41, 5.74) is 3.29. The van der Waals surface area contributed by atoms with Gasteiger partial charge in [0.05, 0.1) is 12.7 Å². The summed E-state index contributed by atoms with van der Waals surface area (Å²) < 4.78 is 26.4. The molecule has 1 aliphatic rings. The smallest absolute Gasteiger partial charge is 0.255 e. The number of hydrogen-bond donors (Lipinski definition) is 2. The van der Waals surface area contributed by atoms with E-state index in [0.717, 1.165) is 11.1 Å². The third-order valence-electron chi connectivity index (χ3n) is 5.95. The average molecular weight is 520 g/mol. The SMILES string of the molecule is COc1cc([C@H]2C(C(=O)Nc3ccc(Cl)cc3)=C(C)Nc3ncnn32)ccc1OCc1ccc(F)cc1. The van der Waals surface area contributed by atoms with Crippen molar-refractivity contribution in [3.8, 4) is 11.5 Å². The summed E-state index contributed by atoms with van der Waals surface area (Å²) in [6.45, 7) is 2.06. The van der Waals surface area contributed by atoms with Gasteiger partial charge in [0, 0.05) is 16.4 Å². The van der Waals surface area contributed by atoms with Crippen molar-refractivity contribution in [1.29, 1.82) is 0 Å². The highest BCUT2D eigenvalue weighted by atomic mass is 35.5. The fourth-order valence-corrected chi connectivity index (χ4v) is 4.27. The van der Waals surface area contributed by atoms with Gasteiger partial charge in [0.2, 0.25) is 5.95 Å². The van der Waals surface area contributed by atoms with Crippen LogP contribution in [0.15, 0.2) is 84.3 Å². The molecule has 1 atom stereocenters. The third-order valence-corrected chi connectivity index (χ3v) is 6.20. The van der Waals surface area contributed by atoms with E-state index < -0.39 is 6.04 Å². The lowest BCUT2D eigenvalue weighted by atomic mass is 9.94. The molecule has 0 radical (unpaired) electrons. The molecular formula is C27H23ClFN5O3. The Morgan fingerprint density at radius 2 is 1.86 bits per heavy atom. The lowest BCUT2D eigenvalue weighted by Gasteiger charge is -2.29. The maximum Gasteiger partial charge on any atom is 0.255 e. The lowest BCUT2D eigenvalue weighted by Crippen LogP contribution is -2.31. The summed E-state index contributed by atoms with van der Waals surface area (Å²) in [5, 5.41) is 11.0. The zero-order valence-electron chi connectivity index (χ0n) is 20.0. The summed E-state index contributed by atoms with van der Waals surface area (Å²) in [6, 6.07) is 17.8. The number of anilines is 2. The number of carbonyl (C=O) groups excluding carboxylic acids is 1. The Balaban J connectivity index is 1.46. The Labute approximate surface area is 217 Å². The van der Waals surface area contributed by atoms with Crippen LogP contribution in [0.4, 0.5) is 16.0 Å². The van der Waals surface area contributed by atoms with E-state index in [-0.39, 0.29) is 18.3 Å². The van der Waals surface area contributed by atoms with Gasteiger partial charge in [-0.05, 0) is 66.6 Å². The number of nitrogens with one attached hydrogen (secondary N) is 2. The van der Waals surface area contributed by atoms with Gasteiger partial charge in [-0.25, -0.2) is 9.07 Å². The molecule has 1 amide bonds. The predicted octanol–water partition coefficient (Wildman–Crippen LogP) is 5.59. The van der Waals surface area contributed by atoms with Gasteiger partial charge in [-0.3, -0.25) is 4.79 Å². The zero-order chi connectivity index (χ0) is 25.9. The highest BCUT2D eigenvalue weighted by molar-refractivity contribution is 6.30. The number of aromatic nitrogens is 3. The average Bonchev–Trinajstić information content (AvgIpc) is 3.37. The first-order chi connectivity index (χ1) is 17.9. The number of carbonyl (C=O) groups is 1. The van der Waals surface area contributed by atoms with Crippen molar-refractivity contribution in [2.45, 2.75) is 19.6 Å². The molecule has 1 aromatic heterocycles. The number of amides is 1. The van der Waals surface area contributed by atoms with Crippen LogP contribution >= 0.6 is 11.6 Å². The number of benzene rings is 3. The van der Waals surface area contributed by atoms with Gasteiger partial charge < -0.3 is 20.1 Å². The van der Waals surface area contributed by atoms with Crippen molar-refractivity contribution in [2.75, 3.05) is 17.7 Å². The molecule has 188 valence electrons. The number of fused-ring (bicyclic) bond motifs is 1. The molecule has 10 heteroatoms. The van der Waals surface area contributed by atoms with Gasteiger partial charge in [-0.1, -0.05) is 29.8 Å². The number of hydrogen-bond acceptors (Lipinski definition) is 6. The highest BCUT2D eigenvalue weighted by Gasteiger charge is 2.34. The maximum atomic E-state index is 13.5. The number of rotatable bonds is 7. The summed E-state index contributed by atoms with van der Waals surface area (Å²) in [5.74, 6) is 0.903. The first-order valence-corrected chi connectivity index (χ1v) is 11.8. The molecule has 37 heavy (non-hydrogen) atoms. The monoisotopic (exact) mass is 519 g/mol. The Morgan fingerprint density at radius 1 is 1.11 bits per heavy atom. The minimum atomic E-state index is -0.578. The molecule has 0 saturated heterocycles. The van der Waals surface area contributed by atoms with Crippen molar-refractivity contribution in [2.24, 2.45) is 0 Å². The molecule has 0 bridgehead atoms. The highest BCUT2D eigenvalue weighted by Crippen LogP contribution is 2.39. The van der Waals surface area contributed by atoms with E-state index in [9.17, 15) is 9.18 Å². The van der Waals surface area contributed by atoms with Crippen molar-refractivity contribution >= 4 is 29.1 Å². The molecule has 2 N–H and O–H groups in total. The van der Waals surface area contributed by atoms with Crippen LogP contribution in [0.25, 0.3) is 0 Å². The number of allylic oxidation sites excluding steroid dienone is 1. The minimum absolute atomic E-state index is 0.240. The normalized spacial score (nSPS) is 14.5. The molecule has 0 fully saturated rings. The summed E-state index contributed by atoms with van der Waals surface area (Å²) in [4.78, 5) is 17.8. The van der Waals surface area contributed by atoms with Crippen LogP contribution in [0.3, 0.4) is 0 Å². The largest absolute Gasteiger partial charge is 0.493 e. The Hall–Kier alpha value is -4.37. The molecular weight excluding hydrogens is 497 g/mol. The van der Waals surface area contributed by atoms with E-state index in [1.165, 1.54) is 18.5 Å². The topological polar surface area (TPSA) is 90.3 Å². The molecule has 0 spiro atoms. The van der Waals surface area contributed by atoms with Crippen molar-refractivity contribution in [3.63, 3.8) is 0 Å². The maximum absolute atomic E-state index is 13.5. The van der Waals surface area contributed by atoms with E-state index in [1.54, 1.807) is 54.3 Å². The van der Waals surface area contributed by atoms with Gasteiger partial charge in [0.15, 0.2) is 11.5 Å². The fraction of sp³-hybridized carbons (Fsp3) is 0.148. The van der Waals surface area contributed by atoms with Crippen LogP contribution in [0.5, 0.6) is 11.5 Å². The molecule has 1 aliphatic heterocycles. The van der Waals surface area contributed by atoms with Crippen LogP contribution in [0, 0.1) is 5.82 Å². The van der Waals surface area contributed by atoms with Crippen LogP contribution in [-0.2, 0) is 11.4 Å². The molecule has 2 heterocycles. The Bertz CT molecular complexity index is 1470. The Morgan fingerprint density at radius 3 is 2.59 bits per heavy atom. The molecule has 0 aliphatic carbocycles. The first kappa shape index (κ1) is 24.3. The van der Waals surface area contributed by atoms with Gasteiger partial charge in [0.25, 0.3) is 5.91 Å². The van der Waals surface area contributed by atoms with Gasteiger partial charge >= 0.3 is 0 Å². The second-order valence-electron chi connectivity index (χ2n) is 8.38. The number of halogens is 2. The van der Waals surface area contributed by atoms with Crippen molar-refractivity contribution in [3.05, 3.63) is 106 Å². The molecule has 0 saturated carbocycles. The van der Waals surface area contributed by atoms with E-state index in [2.05, 4.69) is 20.7 Å². The number of nitrogens with zero attached hydrogens (tertiary/aromatic N) is 3. The second-order valence-corrected chi connectivity index (χ2v) is 8.82. The van der Waals surface area contributed by atoms with E-state index in [0.29, 0.717) is 39.4 Å². The van der Waals surface area contributed by atoms with Crippen LogP contribution in [0.2, 0.25) is 5.02 Å². The quantitative estimate of drug-likeness (QED) is 0.331. The minimum Gasteiger partial charge on any atom is -0.493 e. The third kappa shape index (κ3) is 5.12. The van der Waals surface area contributed by atoms with Crippen molar-refractivity contribution in [1.82, 2.24) is 14.8 Å². The molecule has 0 unspecified atom stereocenters. The molecule has 3 aromatic carbocycles. The summed E-state index contributed by atoms with van der Waals surface area (Å²) >= 11 is 5.98. The number of methoxy groups -OCH3 is 1. The van der Waals surface area contributed by atoms with Gasteiger partial charge in [-0.2, -0.15) is 10.1 Å². The standard InChI is InChI=1S/C27H23ClFN5O3/c1-16-24(26(35)33-21-10-6-19(28)7-11-21)25(34-27(32-16)30-15-31-34)18-5-12-22(23(13-18)36-2)37-14-17-3-8-20(29)9-4-17/h3-13,15,25H,14H2,1-2H3,(H,33,35)(H,30,31,32)/t25-/m0/s1. The summed E-state index contributed by atoms with van der Waals surface area (Å²) in [6.07, 6.45) is 1.43. The lowest BCUT2D eigenvalue weighted by molar-refractivity contribution is -0.113. The van der Waals surface area contributed by atoms with Crippen molar-refractivity contribution < 1.29 is 18.7 Å². The number of ether oxygens (including phenoxy) is 2. The molecule has 8 nitrogen and oxygen atoms in total. The first-order valence-electron chi connectivity index (χ1n) is 11.4. The van der Waals surface area contributed by atoms with Gasteiger partial charge in [-0.15, -0.1) is 0 Å². The van der Waals surface area contributed by atoms with Crippen LogP contribution < -0.4 is 20.1 Å². The molecule has 5 rings (SSSR count). The van der Waals surface area contributed by atoms with Gasteiger partial charge in [0.1, 0.15) is 24.8 Å². The van der Waals surface area contributed by atoms with Crippen LogP contribution in [0.1, 0.15) is 24.1 Å².